The van der Waals surface area contributed by atoms with E-state index in [2.05, 4.69) is 37.5 Å². The summed E-state index contributed by atoms with van der Waals surface area (Å²) in [6, 6.07) is 32.8. The highest BCUT2D eigenvalue weighted by Gasteiger charge is 2.11. The lowest BCUT2D eigenvalue weighted by Gasteiger charge is -2.21. The minimum absolute atomic E-state index is 0.0761. The van der Waals surface area contributed by atoms with E-state index in [4.69, 9.17) is 0 Å². The fraction of sp³-hybridized carbons (Fsp3) is 0.257. The Morgan fingerprint density at radius 2 is 0.769 bits per heavy atom. The van der Waals surface area contributed by atoms with Gasteiger partial charge in [0.1, 0.15) is 0 Å². The van der Waals surface area contributed by atoms with Crippen LogP contribution in [0.4, 0.5) is 11.4 Å². The zero-order valence-corrected chi connectivity index (χ0v) is 23.9. The maximum Gasteiger partial charge on any atom is 0.193 e. The number of benzene rings is 4. The lowest BCUT2D eigenvalue weighted by molar-refractivity contribution is 0.103. The van der Waals surface area contributed by atoms with Gasteiger partial charge in [-0.1, -0.05) is 60.2 Å². The lowest BCUT2D eigenvalue weighted by atomic mass is 10.0. The number of hydrogen-bond donors (Lipinski definition) is 0. The summed E-state index contributed by atoms with van der Waals surface area (Å²) in [4.78, 5) is 29.2. The van der Waals surface area contributed by atoms with Crippen molar-refractivity contribution in [3.05, 3.63) is 131 Å². The minimum Gasteiger partial charge on any atom is -0.372 e. The normalized spacial score (nSPS) is 10.3. The Balaban J connectivity index is 0.000000239. The Kier molecular flexibility index (Phi) is 11.1. The van der Waals surface area contributed by atoms with Gasteiger partial charge in [-0.3, -0.25) is 9.59 Å². The first kappa shape index (κ1) is 29.4. The van der Waals surface area contributed by atoms with E-state index in [-0.39, 0.29) is 11.6 Å². The third-order valence-corrected chi connectivity index (χ3v) is 6.87. The quantitative estimate of drug-likeness (QED) is 0.200. The standard InChI is InChI=1S/C21H28N2O.C14H12O/c1-5-22(6-2)19-13-9-17(10-14-19)21(24)18-11-15-20(16-12-18)23(7-3)8-4;1-11-7-9-13(10-8-11)14(15)12-5-3-2-4-6-12/h9-16H,5-8H2,1-4H3;2-10H,1H3. The lowest BCUT2D eigenvalue weighted by Crippen LogP contribution is -2.22. The van der Waals surface area contributed by atoms with Crippen molar-refractivity contribution in [1.29, 1.82) is 0 Å². The van der Waals surface area contributed by atoms with Gasteiger partial charge in [-0.15, -0.1) is 0 Å². The van der Waals surface area contributed by atoms with Crippen molar-refractivity contribution in [3.8, 4) is 0 Å². The number of anilines is 2. The predicted molar refractivity (Wildman–Crippen MR) is 164 cm³/mol. The molecule has 0 unspecified atom stereocenters. The first-order chi connectivity index (χ1) is 18.9. The third-order valence-electron chi connectivity index (χ3n) is 6.87. The molecule has 0 atom stereocenters. The van der Waals surface area contributed by atoms with Gasteiger partial charge in [0.25, 0.3) is 0 Å². The van der Waals surface area contributed by atoms with Crippen LogP contribution in [0.3, 0.4) is 0 Å². The van der Waals surface area contributed by atoms with Gasteiger partial charge in [0.2, 0.25) is 0 Å². The molecule has 0 saturated heterocycles. The summed E-state index contributed by atoms with van der Waals surface area (Å²) in [6.07, 6.45) is 0. The van der Waals surface area contributed by atoms with Crippen molar-refractivity contribution in [1.82, 2.24) is 0 Å². The van der Waals surface area contributed by atoms with Crippen LogP contribution in [-0.4, -0.2) is 37.7 Å². The molecular formula is C35H40N2O2. The molecule has 0 aromatic heterocycles. The van der Waals surface area contributed by atoms with E-state index in [0.29, 0.717) is 0 Å². The number of ketones is 2. The fourth-order valence-electron chi connectivity index (χ4n) is 4.45. The van der Waals surface area contributed by atoms with Crippen LogP contribution >= 0.6 is 0 Å². The van der Waals surface area contributed by atoms with Crippen molar-refractivity contribution < 1.29 is 9.59 Å². The highest BCUT2D eigenvalue weighted by molar-refractivity contribution is 6.09. The average molecular weight is 521 g/mol. The van der Waals surface area contributed by atoms with E-state index in [1.807, 2.05) is 110 Å². The van der Waals surface area contributed by atoms with E-state index in [1.54, 1.807) is 0 Å². The first-order valence-corrected chi connectivity index (χ1v) is 13.8. The number of aryl methyl sites for hydroxylation is 1. The number of rotatable bonds is 10. The molecule has 0 bridgehead atoms. The molecule has 4 aromatic rings. The molecule has 39 heavy (non-hydrogen) atoms. The first-order valence-electron chi connectivity index (χ1n) is 13.8. The Bertz CT molecular complexity index is 1250. The molecule has 0 fully saturated rings. The summed E-state index contributed by atoms with van der Waals surface area (Å²) in [5, 5.41) is 0. The second kappa shape index (κ2) is 14.7. The maximum absolute atomic E-state index is 12.7. The second-order valence-electron chi connectivity index (χ2n) is 9.33. The molecule has 0 radical (unpaired) electrons. The molecular weight excluding hydrogens is 480 g/mol. The fourth-order valence-corrected chi connectivity index (χ4v) is 4.45. The van der Waals surface area contributed by atoms with E-state index < -0.39 is 0 Å². The van der Waals surface area contributed by atoms with E-state index in [1.165, 1.54) is 5.56 Å². The van der Waals surface area contributed by atoms with E-state index >= 15 is 0 Å². The third kappa shape index (κ3) is 7.90. The molecule has 0 aliphatic rings. The van der Waals surface area contributed by atoms with Crippen molar-refractivity contribution in [2.75, 3.05) is 36.0 Å². The van der Waals surface area contributed by atoms with Crippen LogP contribution in [0.25, 0.3) is 0 Å². The van der Waals surface area contributed by atoms with Crippen molar-refractivity contribution in [3.63, 3.8) is 0 Å². The van der Waals surface area contributed by atoms with Crippen molar-refractivity contribution in [2.24, 2.45) is 0 Å². The van der Waals surface area contributed by atoms with Crippen molar-refractivity contribution >= 4 is 22.9 Å². The smallest absolute Gasteiger partial charge is 0.193 e. The molecule has 0 amide bonds. The van der Waals surface area contributed by atoms with Gasteiger partial charge < -0.3 is 9.80 Å². The number of carbonyl (C=O) groups excluding carboxylic acids is 2. The van der Waals surface area contributed by atoms with Gasteiger partial charge in [0, 0.05) is 59.8 Å². The van der Waals surface area contributed by atoms with Gasteiger partial charge in [0.15, 0.2) is 11.6 Å². The van der Waals surface area contributed by atoms with E-state index in [0.717, 1.165) is 59.8 Å². The molecule has 0 spiro atoms. The zero-order valence-electron chi connectivity index (χ0n) is 23.9. The van der Waals surface area contributed by atoms with Crippen LogP contribution in [0.15, 0.2) is 103 Å². The largest absolute Gasteiger partial charge is 0.372 e. The highest BCUT2D eigenvalue weighted by Crippen LogP contribution is 2.20. The molecule has 0 aliphatic heterocycles. The second-order valence-corrected chi connectivity index (χ2v) is 9.33. The van der Waals surface area contributed by atoms with Crippen LogP contribution in [0.1, 0.15) is 65.1 Å². The Labute approximate surface area is 233 Å². The van der Waals surface area contributed by atoms with Crippen LogP contribution in [0.5, 0.6) is 0 Å². The van der Waals surface area contributed by atoms with Gasteiger partial charge in [-0.25, -0.2) is 0 Å². The molecule has 0 aliphatic carbocycles. The molecule has 202 valence electrons. The number of hydrogen-bond acceptors (Lipinski definition) is 4. The molecule has 4 aromatic carbocycles. The summed E-state index contributed by atoms with van der Waals surface area (Å²) in [7, 11) is 0. The topological polar surface area (TPSA) is 40.6 Å². The van der Waals surface area contributed by atoms with Crippen LogP contribution in [-0.2, 0) is 0 Å². The minimum atomic E-state index is 0.0761. The summed E-state index contributed by atoms with van der Waals surface area (Å²) in [5.74, 6) is 0.155. The summed E-state index contributed by atoms with van der Waals surface area (Å²) >= 11 is 0. The van der Waals surface area contributed by atoms with Crippen LogP contribution in [0, 0.1) is 6.92 Å². The molecule has 4 nitrogen and oxygen atoms in total. The van der Waals surface area contributed by atoms with Crippen molar-refractivity contribution in [2.45, 2.75) is 34.6 Å². The van der Waals surface area contributed by atoms with Gasteiger partial charge in [-0.05, 0) is 83.1 Å². The van der Waals surface area contributed by atoms with Gasteiger partial charge >= 0.3 is 0 Å². The molecule has 0 N–H and O–H groups in total. The maximum atomic E-state index is 12.7. The summed E-state index contributed by atoms with van der Waals surface area (Å²) in [5.41, 5.74) is 6.44. The molecule has 4 heteroatoms. The Morgan fingerprint density at radius 1 is 0.462 bits per heavy atom. The molecule has 0 saturated carbocycles. The molecule has 0 heterocycles. The SMILES string of the molecule is CCN(CC)c1ccc(C(=O)c2ccc(N(CC)CC)cc2)cc1.Cc1ccc(C(=O)c2ccccc2)cc1. The van der Waals surface area contributed by atoms with Gasteiger partial charge in [0.05, 0.1) is 0 Å². The van der Waals surface area contributed by atoms with Gasteiger partial charge in [-0.2, -0.15) is 0 Å². The van der Waals surface area contributed by atoms with E-state index in [9.17, 15) is 9.59 Å². The highest BCUT2D eigenvalue weighted by atomic mass is 16.1. The average Bonchev–Trinajstić information content (AvgIpc) is 2.99. The zero-order chi connectivity index (χ0) is 28.2. The Morgan fingerprint density at radius 3 is 1.10 bits per heavy atom. The summed E-state index contributed by atoms with van der Waals surface area (Å²) < 4.78 is 0. The summed E-state index contributed by atoms with van der Waals surface area (Å²) in [6.45, 7) is 14.4. The molecule has 4 rings (SSSR count). The predicted octanol–water partition coefficient (Wildman–Crippen LogP) is 7.84. The number of carbonyl (C=O) groups is 2. The Hall–Kier alpha value is -4.18. The van der Waals surface area contributed by atoms with Crippen LogP contribution < -0.4 is 9.80 Å². The van der Waals surface area contributed by atoms with Crippen LogP contribution in [0.2, 0.25) is 0 Å². The number of nitrogens with zero attached hydrogens (tertiary/aromatic N) is 2. The monoisotopic (exact) mass is 520 g/mol.